The largest absolute Gasteiger partial charge is 0.539 e. The summed E-state index contributed by atoms with van der Waals surface area (Å²) in [5, 5.41) is 8.74. The second kappa shape index (κ2) is 4.27. The molecule has 0 aliphatic rings. The third-order valence-electron chi connectivity index (χ3n) is 2.79. The number of aromatic nitrogens is 2. The van der Waals surface area contributed by atoms with Crippen molar-refractivity contribution in [2.24, 2.45) is 0 Å². The van der Waals surface area contributed by atoms with Gasteiger partial charge in [0, 0.05) is 6.07 Å². The maximum absolute atomic E-state index is 8.74. The molecule has 5 heteroatoms. The minimum absolute atomic E-state index is 0.342. The van der Waals surface area contributed by atoms with E-state index in [0.29, 0.717) is 5.75 Å². The summed E-state index contributed by atoms with van der Waals surface area (Å²) in [7, 11) is -0.342. The van der Waals surface area contributed by atoms with E-state index in [9.17, 15) is 0 Å². The van der Waals surface area contributed by atoms with Crippen molar-refractivity contribution in [3.8, 4) is 5.75 Å². The molecular weight excluding hydrogens is 227 g/mol. The zero-order valence-electron chi connectivity index (χ0n) is 9.92. The summed E-state index contributed by atoms with van der Waals surface area (Å²) in [4.78, 5) is 9.10. The molecule has 0 aliphatic heterocycles. The van der Waals surface area contributed by atoms with Crippen LogP contribution < -0.4 is 4.65 Å². The zero-order chi connectivity index (χ0) is 12.5. The number of fused-ring (bicyclic) bond motifs is 2. The van der Waals surface area contributed by atoms with Gasteiger partial charge in [-0.05, 0) is 36.8 Å². The number of hydrogen-bond acceptors (Lipinski definition) is 4. The van der Waals surface area contributed by atoms with E-state index in [1.807, 2.05) is 31.2 Å². The molecule has 0 unspecified atom stereocenters. The lowest BCUT2D eigenvalue weighted by Crippen LogP contribution is -1.99. The minimum Gasteiger partial charge on any atom is -0.539 e. The highest BCUT2D eigenvalue weighted by molar-refractivity contribution is 6.17. The van der Waals surface area contributed by atoms with Crippen LogP contribution in [0.25, 0.3) is 22.1 Å². The highest BCUT2D eigenvalue weighted by atomic mass is 16.5. The maximum atomic E-state index is 8.74. The van der Waals surface area contributed by atoms with Crippen LogP contribution in [0.15, 0.2) is 36.4 Å². The summed E-state index contributed by atoms with van der Waals surface area (Å²) in [6.07, 6.45) is 0. The van der Waals surface area contributed by atoms with Crippen molar-refractivity contribution in [3.05, 3.63) is 42.0 Å². The van der Waals surface area contributed by atoms with Gasteiger partial charge in [-0.25, -0.2) is 9.97 Å². The lowest BCUT2D eigenvalue weighted by Gasteiger charge is -2.05. The Morgan fingerprint density at radius 2 is 1.61 bits per heavy atom. The monoisotopic (exact) mass is 238 g/mol. The van der Waals surface area contributed by atoms with Crippen molar-refractivity contribution in [1.82, 2.24) is 9.97 Å². The normalized spacial score (nSPS) is 10.8. The fraction of sp³-hybridized carbons (Fsp3) is 0.0769. The zero-order valence-corrected chi connectivity index (χ0v) is 9.92. The third-order valence-corrected chi connectivity index (χ3v) is 2.79. The van der Waals surface area contributed by atoms with Crippen LogP contribution in [0, 0.1) is 6.92 Å². The molecule has 0 bridgehead atoms. The molecule has 3 aromatic rings. The van der Waals surface area contributed by atoms with Gasteiger partial charge in [-0.15, -0.1) is 0 Å². The van der Waals surface area contributed by atoms with E-state index in [4.69, 9.17) is 9.68 Å². The Bertz CT molecular complexity index is 731. The molecule has 88 valence electrons. The number of benzene rings is 2. The minimum atomic E-state index is -0.342. The molecule has 1 heterocycles. The smallest absolute Gasteiger partial charge is 0.504 e. The van der Waals surface area contributed by atoms with Gasteiger partial charge in [0.05, 0.1) is 22.1 Å². The van der Waals surface area contributed by atoms with Crippen molar-refractivity contribution < 1.29 is 9.68 Å². The van der Waals surface area contributed by atoms with Crippen LogP contribution in [0.5, 0.6) is 5.75 Å². The predicted molar refractivity (Wildman–Crippen MR) is 71.8 cm³/mol. The molecule has 18 heavy (non-hydrogen) atoms. The summed E-state index contributed by atoms with van der Waals surface area (Å²) in [5.41, 5.74) is 4.49. The predicted octanol–water partition coefficient (Wildman–Crippen LogP) is 1.73. The maximum Gasteiger partial charge on any atom is 0.504 e. The van der Waals surface area contributed by atoms with Crippen LogP contribution in [0.3, 0.4) is 0 Å². The Morgan fingerprint density at radius 3 is 2.33 bits per heavy atom. The molecule has 0 radical (unpaired) electrons. The van der Waals surface area contributed by atoms with Gasteiger partial charge in [-0.1, -0.05) is 6.07 Å². The molecule has 0 spiro atoms. The quantitative estimate of drug-likeness (QED) is 0.545. The number of rotatable bonds is 2. The summed E-state index contributed by atoms with van der Waals surface area (Å²) in [5.74, 6) is 0.589. The van der Waals surface area contributed by atoms with Crippen LogP contribution in [0.2, 0.25) is 0 Å². The van der Waals surface area contributed by atoms with Crippen LogP contribution in [0.4, 0.5) is 0 Å². The molecule has 0 atom stereocenters. The SMILES string of the molecule is Cc1ccc2nc3cc(OBO)ccc3nc2c1. The molecule has 0 aliphatic carbocycles. The van der Waals surface area contributed by atoms with Gasteiger partial charge in [0.25, 0.3) is 0 Å². The molecule has 4 nitrogen and oxygen atoms in total. The van der Waals surface area contributed by atoms with Crippen molar-refractivity contribution >= 4 is 29.8 Å². The van der Waals surface area contributed by atoms with E-state index >= 15 is 0 Å². The lowest BCUT2D eigenvalue weighted by atomic mass is 10.2. The summed E-state index contributed by atoms with van der Waals surface area (Å²) < 4.78 is 5.03. The van der Waals surface area contributed by atoms with E-state index in [2.05, 4.69) is 9.97 Å². The first-order chi connectivity index (χ1) is 8.76. The van der Waals surface area contributed by atoms with E-state index in [0.717, 1.165) is 27.6 Å². The summed E-state index contributed by atoms with van der Waals surface area (Å²) >= 11 is 0. The number of nitrogens with zero attached hydrogens (tertiary/aromatic N) is 2. The highest BCUT2D eigenvalue weighted by Gasteiger charge is 2.03. The summed E-state index contributed by atoms with van der Waals surface area (Å²) in [6, 6.07) is 11.4. The first-order valence-electron chi connectivity index (χ1n) is 5.68. The second-order valence-corrected chi connectivity index (χ2v) is 4.14. The Morgan fingerprint density at radius 1 is 0.944 bits per heavy atom. The number of aryl methyl sites for hydroxylation is 1. The molecule has 0 saturated carbocycles. The van der Waals surface area contributed by atoms with Gasteiger partial charge < -0.3 is 9.68 Å². The van der Waals surface area contributed by atoms with Crippen LogP contribution in [-0.4, -0.2) is 22.7 Å². The Labute approximate surface area is 105 Å². The van der Waals surface area contributed by atoms with E-state index in [1.165, 1.54) is 0 Å². The van der Waals surface area contributed by atoms with E-state index in [-0.39, 0.29) is 7.69 Å². The molecule has 0 fully saturated rings. The summed E-state index contributed by atoms with van der Waals surface area (Å²) in [6.45, 7) is 2.03. The van der Waals surface area contributed by atoms with Crippen LogP contribution in [-0.2, 0) is 0 Å². The van der Waals surface area contributed by atoms with Crippen LogP contribution >= 0.6 is 0 Å². The Balaban J connectivity index is 2.24. The molecule has 0 amide bonds. The first kappa shape index (κ1) is 11.0. The fourth-order valence-electron chi connectivity index (χ4n) is 1.93. The van der Waals surface area contributed by atoms with Crippen molar-refractivity contribution in [1.29, 1.82) is 0 Å². The van der Waals surface area contributed by atoms with Crippen molar-refractivity contribution in [3.63, 3.8) is 0 Å². The van der Waals surface area contributed by atoms with E-state index < -0.39 is 0 Å². The van der Waals surface area contributed by atoms with Crippen molar-refractivity contribution in [2.75, 3.05) is 0 Å². The average Bonchev–Trinajstić information content (AvgIpc) is 2.37. The van der Waals surface area contributed by atoms with Gasteiger partial charge in [0.2, 0.25) is 0 Å². The van der Waals surface area contributed by atoms with Gasteiger partial charge in [0.15, 0.2) is 0 Å². The van der Waals surface area contributed by atoms with Gasteiger partial charge in [-0.3, -0.25) is 0 Å². The second-order valence-electron chi connectivity index (χ2n) is 4.14. The lowest BCUT2D eigenvalue weighted by molar-refractivity contribution is 0.454. The molecule has 1 N–H and O–H groups in total. The average molecular weight is 238 g/mol. The highest BCUT2D eigenvalue weighted by Crippen LogP contribution is 2.21. The first-order valence-corrected chi connectivity index (χ1v) is 5.68. The van der Waals surface area contributed by atoms with Gasteiger partial charge in [-0.2, -0.15) is 0 Å². The van der Waals surface area contributed by atoms with Gasteiger partial charge in [0.1, 0.15) is 5.75 Å². The van der Waals surface area contributed by atoms with Crippen molar-refractivity contribution in [2.45, 2.75) is 6.92 Å². The number of hydrogen-bond donors (Lipinski definition) is 1. The van der Waals surface area contributed by atoms with E-state index in [1.54, 1.807) is 12.1 Å². The molecule has 3 rings (SSSR count). The standard InChI is InChI=1S/C13H11BN2O2/c1-8-2-4-10-12(6-8)15-11-5-3-9(18-14-17)7-13(11)16-10/h2-7,14,17H,1H3. The van der Waals surface area contributed by atoms with Gasteiger partial charge >= 0.3 is 7.69 Å². The van der Waals surface area contributed by atoms with Crippen LogP contribution in [0.1, 0.15) is 5.56 Å². The molecular formula is C13H11BN2O2. The Hall–Kier alpha value is -2.14. The molecule has 2 aromatic carbocycles. The molecule has 0 saturated heterocycles. The Kier molecular flexibility index (Phi) is 2.61. The third kappa shape index (κ3) is 1.89. The fourth-order valence-corrected chi connectivity index (χ4v) is 1.93. The topological polar surface area (TPSA) is 55.2 Å². The molecule has 1 aromatic heterocycles.